The van der Waals surface area contributed by atoms with Crippen LogP contribution in [0.2, 0.25) is 0 Å². The van der Waals surface area contributed by atoms with Crippen molar-refractivity contribution in [3.8, 4) is 0 Å². The molecule has 5 atom stereocenters. The summed E-state index contributed by atoms with van der Waals surface area (Å²) in [6, 6.07) is 3.55. The van der Waals surface area contributed by atoms with Crippen molar-refractivity contribution in [3.05, 3.63) is 48.3 Å². The molecule has 2 N–H and O–H groups in total. The second-order valence-corrected chi connectivity index (χ2v) is 9.94. The van der Waals surface area contributed by atoms with Gasteiger partial charge < -0.3 is 14.8 Å². The molecule has 1 heterocycles. The SMILES string of the molecule is C=CC(C)(O)CCC1(C)C(C)CC[C@]2(C)C(COC(=O)c3ccc[nH]3)=CCC[C@H]12. The van der Waals surface area contributed by atoms with Crippen LogP contribution in [0.25, 0.3) is 0 Å². The van der Waals surface area contributed by atoms with Crippen LogP contribution in [0.15, 0.2) is 42.6 Å². The van der Waals surface area contributed by atoms with Gasteiger partial charge in [-0.25, -0.2) is 4.79 Å². The Hall–Kier alpha value is -1.81. The number of nitrogens with one attached hydrogen (secondary N) is 1. The highest BCUT2D eigenvalue weighted by atomic mass is 16.5. The van der Waals surface area contributed by atoms with Gasteiger partial charge in [-0.05, 0) is 85.8 Å². The Bertz CT molecular complexity index is 763. The van der Waals surface area contributed by atoms with E-state index in [0.29, 0.717) is 24.1 Å². The maximum Gasteiger partial charge on any atom is 0.355 e. The highest BCUT2D eigenvalue weighted by Crippen LogP contribution is 2.62. The number of esters is 1. The molecule has 1 aromatic heterocycles. The molecule has 4 nitrogen and oxygen atoms in total. The fraction of sp³-hybridized carbons (Fsp3) is 0.640. The van der Waals surface area contributed by atoms with Gasteiger partial charge >= 0.3 is 5.97 Å². The van der Waals surface area contributed by atoms with Crippen molar-refractivity contribution in [3.63, 3.8) is 0 Å². The molecule has 4 heteroatoms. The molecular weight excluding hydrogens is 362 g/mol. The van der Waals surface area contributed by atoms with E-state index < -0.39 is 5.60 Å². The maximum absolute atomic E-state index is 12.3. The zero-order valence-electron chi connectivity index (χ0n) is 18.5. The molecular formula is C25H37NO3. The number of hydrogen-bond acceptors (Lipinski definition) is 3. The van der Waals surface area contributed by atoms with Crippen molar-refractivity contribution in [1.29, 1.82) is 0 Å². The van der Waals surface area contributed by atoms with E-state index in [1.54, 1.807) is 24.4 Å². The summed E-state index contributed by atoms with van der Waals surface area (Å²) in [5, 5.41) is 10.5. The van der Waals surface area contributed by atoms with E-state index in [4.69, 9.17) is 4.74 Å². The number of fused-ring (bicyclic) bond motifs is 1. The van der Waals surface area contributed by atoms with Crippen molar-refractivity contribution in [2.45, 2.75) is 71.8 Å². The summed E-state index contributed by atoms with van der Waals surface area (Å²) in [7, 11) is 0. The van der Waals surface area contributed by atoms with Crippen LogP contribution in [0.3, 0.4) is 0 Å². The molecule has 29 heavy (non-hydrogen) atoms. The van der Waals surface area contributed by atoms with Crippen LogP contribution in [0.5, 0.6) is 0 Å². The fourth-order valence-corrected chi connectivity index (χ4v) is 5.73. The Morgan fingerprint density at radius 2 is 2.21 bits per heavy atom. The Morgan fingerprint density at radius 3 is 2.86 bits per heavy atom. The topological polar surface area (TPSA) is 62.3 Å². The molecule has 1 fully saturated rings. The molecule has 3 unspecified atom stereocenters. The quantitative estimate of drug-likeness (QED) is 0.459. The predicted octanol–water partition coefficient (Wildman–Crippen LogP) is 5.67. The molecule has 0 aromatic carbocycles. The molecule has 0 radical (unpaired) electrons. The van der Waals surface area contributed by atoms with E-state index in [9.17, 15) is 9.90 Å². The molecule has 2 aliphatic carbocycles. The largest absolute Gasteiger partial charge is 0.456 e. The van der Waals surface area contributed by atoms with E-state index >= 15 is 0 Å². The van der Waals surface area contributed by atoms with Gasteiger partial charge in [0, 0.05) is 6.20 Å². The first-order valence-electron chi connectivity index (χ1n) is 11.0. The minimum absolute atomic E-state index is 0.0373. The number of rotatable bonds is 7. The number of ether oxygens (including phenoxy) is 1. The lowest BCUT2D eigenvalue weighted by atomic mass is 9.46. The van der Waals surface area contributed by atoms with Crippen LogP contribution >= 0.6 is 0 Å². The molecule has 1 saturated carbocycles. The number of aromatic nitrogens is 1. The molecule has 0 aliphatic heterocycles. The number of carbonyl (C=O) groups is 1. The van der Waals surface area contributed by atoms with Gasteiger partial charge in [-0.3, -0.25) is 0 Å². The van der Waals surface area contributed by atoms with Crippen molar-refractivity contribution in [2.24, 2.45) is 22.7 Å². The third kappa shape index (κ3) is 4.23. The van der Waals surface area contributed by atoms with Gasteiger partial charge in [0.2, 0.25) is 0 Å². The molecule has 2 aliphatic rings. The Balaban J connectivity index is 1.77. The minimum atomic E-state index is -0.824. The average molecular weight is 400 g/mol. The Morgan fingerprint density at radius 1 is 1.45 bits per heavy atom. The number of H-pyrrole nitrogens is 1. The number of allylic oxidation sites excluding steroid dienone is 1. The van der Waals surface area contributed by atoms with Crippen LogP contribution in [0, 0.1) is 22.7 Å². The standard InChI is InChI=1S/C25H37NO3/c1-6-23(3,28)14-15-24(4)18(2)12-13-25(5)19(9-7-11-21(24)25)17-29-22(27)20-10-8-16-26-20/h6,8-10,16,18,21,26,28H,1,7,11-15,17H2,2-5H3/t18?,21-,23?,24?,25-/m1/s1. The van der Waals surface area contributed by atoms with Crippen molar-refractivity contribution >= 4 is 5.97 Å². The van der Waals surface area contributed by atoms with E-state index in [-0.39, 0.29) is 16.8 Å². The lowest BCUT2D eigenvalue weighted by molar-refractivity contribution is -0.0623. The van der Waals surface area contributed by atoms with E-state index in [0.717, 1.165) is 38.5 Å². The van der Waals surface area contributed by atoms with Crippen molar-refractivity contribution in [2.75, 3.05) is 6.61 Å². The van der Waals surface area contributed by atoms with Gasteiger partial charge in [-0.1, -0.05) is 32.9 Å². The number of aromatic amines is 1. The molecule has 0 amide bonds. The lowest BCUT2D eigenvalue weighted by Gasteiger charge is -2.58. The number of carbonyl (C=O) groups excluding carboxylic acids is 1. The first-order valence-corrected chi connectivity index (χ1v) is 11.0. The van der Waals surface area contributed by atoms with Crippen LogP contribution in [-0.2, 0) is 4.74 Å². The lowest BCUT2D eigenvalue weighted by Crippen LogP contribution is -2.51. The summed E-state index contributed by atoms with van der Waals surface area (Å²) >= 11 is 0. The number of hydrogen-bond donors (Lipinski definition) is 2. The first-order chi connectivity index (χ1) is 13.6. The van der Waals surface area contributed by atoms with Gasteiger partial charge in [0.05, 0.1) is 5.60 Å². The smallest absolute Gasteiger partial charge is 0.355 e. The van der Waals surface area contributed by atoms with Crippen LogP contribution in [0.1, 0.15) is 76.7 Å². The summed E-state index contributed by atoms with van der Waals surface area (Å²) in [5.74, 6) is 0.821. The van der Waals surface area contributed by atoms with Crippen LogP contribution in [-0.4, -0.2) is 28.3 Å². The van der Waals surface area contributed by atoms with E-state index in [2.05, 4.69) is 38.4 Å². The van der Waals surface area contributed by atoms with Gasteiger partial charge in [-0.15, -0.1) is 6.58 Å². The van der Waals surface area contributed by atoms with E-state index in [1.807, 2.05) is 6.92 Å². The predicted molar refractivity (Wildman–Crippen MR) is 117 cm³/mol. The fourth-order valence-electron chi connectivity index (χ4n) is 5.73. The molecule has 0 bridgehead atoms. The van der Waals surface area contributed by atoms with Crippen LogP contribution < -0.4 is 0 Å². The maximum atomic E-state index is 12.3. The van der Waals surface area contributed by atoms with Gasteiger partial charge in [0.25, 0.3) is 0 Å². The van der Waals surface area contributed by atoms with E-state index in [1.165, 1.54) is 5.57 Å². The van der Waals surface area contributed by atoms with Crippen molar-refractivity contribution < 1.29 is 14.6 Å². The highest BCUT2D eigenvalue weighted by Gasteiger charge is 2.54. The third-order valence-corrected chi connectivity index (χ3v) is 8.15. The summed E-state index contributed by atoms with van der Waals surface area (Å²) in [4.78, 5) is 15.2. The molecule has 3 rings (SSSR count). The second kappa shape index (κ2) is 8.14. The molecule has 1 aromatic rings. The van der Waals surface area contributed by atoms with Gasteiger partial charge in [0.15, 0.2) is 0 Å². The monoisotopic (exact) mass is 399 g/mol. The summed E-state index contributed by atoms with van der Waals surface area (Å²) in [5.41, 5.74) is 1.12. The molecule has 0 spiro atoms. The Labute approximate surface area is 175 Å². The summed E-state index contributed by atoms with van der Waals surface area (Å²) in [6.07, 6.45) is 11.9. The zero-order chi connectivity index (χ0) is 21.3. The highest BCUT2D eigenvalue weighted by molar-refractivity contribution is 5.87. The second-order valence-electron chi connectivity index (χ2n) is 9.94. The zero-order valence-corrected chi connectivity index (χ0v) is 18.5. The summed E-state index contributed by atoms with van der Waals surface area (Å²) in [6.45, 7) is 13.1. The Kier molecular flexibility index (Phi) is 6.14. The molecule has 0 saturated heterocycles. The number of aliphatic hydroxyl groups is 1. The normalized spacial score (nSPS) is 33.9. The summed E-state index contributed by atoms with van der Waals surface area (Å²) < 4.78 is 5.67. The first kappa shape index (κ1) is 21.9. The third-order valence-electron chi connectivity index (χ3n) is 8.15. The average Bonchev–Trinajstić information content (AvgIpc) is 3.23. The van der Waals surface area contributed by atoms with Crippen LogP contribution in [0.4, 0.5) is 0 Å². The minimum Gasteiger partial charge on any atom is -0.456 e. The molecule has 160 valence electrons. The van der Waals surface area contributed by atoms with Gasteiger partial charge in [0.1, 0.15) is 12.3 Å². The van der Waals surface area contributed by atoms with Crippen molar-refractivity contribution in [1.82, 2.24) is 4.98 Å². The van der Waals surface area contributed by atoms with Gasteiger partial charge in [-0.2, -0.15) is 0 Å².